The van der Waals surface area contributed by atoms with Crippen LogP contribution in [0.15, 0.2) is 0 Å². The number of carbonyl (C=O) groups excluding carboxylic acids is 4. The zero-order chi connectivity index (χ0) is 34.2. The summed E-state index contributed by atoms with van der Waals surface area (Å²) >= 11 is 0.873. The molecule has 260 valence electrons. The molecule has 45 heavy (non-hydrogen) atoms. The van der Waals surface area contributed by atoms with Crippen LogP contribution in [0.5, 0.6) is 0 Å². The van der Waals surface area contributed by atoms with Gasteiger partial charge in [-0.1, -0.05) is 91.4 Å². The number of hydrogen-bond acceptors (Lipinski definition) is 9. The quantitative estimate of drug-likeness (QED) is 0.0527. The number of carboxylic acids is 2. The van der Waals surface area contributed by atoms with Gasteiger partial charge in [0.2, 0.25) is 23.8 Å². The van der Waals surface area contributed by atoms with Gasteiger partial charge in [-0.15, -0.1) is 0 Å². The predicted molar refractivity (Wildman–Crippen MR) is 173 cm³/mol. The number of hydrogen-bond donors (Lipinski definition) is 6. The maximum atomic E-state index is 13.3. The van der Waals surface area contributed by atoms with E-state index in [2.05, 4.69) is 17.6 Å². The Kier molecular flexibility index (Phi) is 23.7. The van der Waals surface area contributed by atoms with E-state index in [1.807, 2.05) is 6.92 Å². The molecule has 0 aromatic heterocycles. The van der Waals surface area contributed by atoms with E-state index in [9.17, 15) is 33.9 Å². The highest BCUT2D eigenvalue weighted by molar-refractivity contribution is 7.99. The van der Waals surface area contributed by atoms with Crippen molar-refractivity contribution in [2.45, 2.75) is 141 Å². The molecule has 0 rings (SSSR count). The van der Waals surface area contributed by atoms with Crippen LogP contribution in [0.25, 0.3) is 0 Å². The van der Waals surface area contributed by atoms with Crippen molar-refractivity contribution in [3.05, 3.63) is 0 Å². The summed E-state index contributed by atoms with van der Waals surface area (Å²) in [6, 6.07) is -3.61. The molecule has 14 heteroatoms. The minimum Gasteiger partial charge on any atom is -0.480 e. The summed E-state index contributed by atoms with van der Waals surface area (Å²) in [6.45, 7) is 5.84. The fourth-order valence-electron chi connectivity index (χ4n) is 4.45. The third kappa shape index (κ3) is 20.7. The van der Waals surface area contributed by atoms with Crippen LogP contribution in [-0.2, 0) is 33.5 Å². The molecule has 13 nitrogen and oxygen atoms in total. The summed E-state index contributed by atoms with van der Waals surface area (Å²) < 4.78 is 5.12. The zero-order valence-corrected chi connectivity index (χ0v) is 28.0. The predicted octanol–water partition coefficient (Wildman–Crippen LogP) is 3.11. The molecule has 5 atom stereocenters. The molecule has 0 unspecified atom stereocenters. The number of amides is 3. The Labute approximate surface area is 271 Å². The number of thioether (sulfide) groups is 1. The number of carboxylic acid groups (broad SMARTS) is 2. The van der Waals surface area contributed by atoms with Gasteiger partial charge in [0, 0.05) is 24.3 Å². The first-order valence-electron chi connectivity index (χ1n) is 16.2. The first-order chi connectivity index (χ1) is 21.3. The maximum absolute atomic E-state index is 13.3. The number of unbranched alkanes of at least 4 members (excludes halogenated alkanes) is 10. The molecular formula is C31H56N4O9S. The summed E-state index contributed by atoms with van der Waals surface area (Å²) in [6.07, 6.45) is 11.2. The summed E-state index contributed by atoms with van der Waals surface area (Å²) in [7, 11) is 0. The van der Waals surface area contributed by atoms with E-state index in [1.54, 1.807) is 6.92 Å². The Morgan fingerprint density at radius 1 is 0.778 bits per heavy atom. The van der Waals surface area contributed by atoms with Crippen molar-refractivity contribution < 1.29 is 43.7 Å². The molecule has 0 aliphatic carbocycles. The summed E-state index contributed by atoms with van der Waals surface area (Å²) in [5.41, 5.74) is 10.7. The lowest BCUT2D eigenvalue weighted by molar-refractivity contribution is -0.164. The Balaban J connectivity index is 5.07. The van der Waals surface area contributed by atoms with Crippen LogP contribution < -0.4 is 22.1 Å². The SMILES string of the molecule is CCCCCCCCCCCCCC(=O)N[C@H](C(=O)N[C@H](CCC(N)=O)C(=O)O[C@H](CSC[C@H](N)C(=O)O)C(=O)O)[C@H](C)CC. The van der Waals surface area contributed by atoms with E-state index < -0.39 is 54.0 Å². The van der Waals surface area contributed by atoms with Gasteiger partial charge < -0.3 is 37.1 Å². The standard InChI is InChI=1S/C31H56N4O9S/c1-4-6-7-8-9-10-11-12-13-14-15-16-26(37)35-27(21(3)5-2)28(38)34-23(17-18-25(33)36)31(43)44-24(30(41)42)20-45-19-22(32)29(39)40/h21-24,27H,4-20,32H2,1-3H3,(H2,33,36)(H,34,38)(H,35,37)(H,39,40)(H,41,42)/t21-,22+,23-,24-,27+/m1/s1. The van der Waals surface area contributed by atoms with Gasteiger partial charge in [0.25, 0.3) is 0 Å². The van der Waals surface area contributed by atoms with Crippen LogP contribution >= 0.6 is 11.8 Å². The molecule has 0 radical (unpaired) electrons. The highest BCUT2D eigenvalue weighted by atomic mass is 32.2. The van der Waals surface area contributed by atoms with Crippen LogP contribution in [0.2, 0.25) is 0 Å². The van der Waals surface area contributed by atoms with Crippen molar-refractivity contribution in [1.82, 2.24) is 10.6 Å². The molecule has 0 bridgehead atoms. The minimum absolute atomic E-state index is 0.117. The average molecular weight is 661 g/mol. The molecule has 0 aromatic carbocycles. The van der Waals surface area contributed by atoms with E-state index >= 15 is 0 Å². The van der Waals surface area contributed by atoms with Gasteiger partial charge in [-0.25, -0.2) is 9.59 Å². The lowest BCUT2D eigenvalue weighted by Crippen LogP contribution is -2.54. The van der Waals surface area contributed by atoms with Crippen molar-refractivity contribution in [3.63, 3.8) is 0 Å². The largest absolute Gasteiger partial charge is 0.480 e. The van der Waals surface area contributed by atoms with Crippen LogP contribution in [0, 0.1) is 5.92 Å². The maximum Gasteiger partial charge on any atom is 0.345 e. The van der Waals surface area contributed by atoms with Gasteiger partial charge in [-0.2, -0.15) is 11.8 Å². The fraction of sp³-hybridized carbons (Fsp3) is 0.806. The summed E-state index contributed by atoms with van der Waals surface area (Å²) in [5.74, 6) is -6.24. The third-order valence-electron chi connectivity index (χ3n) is 7.52. The molecule has 0 saturated carbocycles. The van der Waals surface area contributed by atoms with Gasteiger partial charge in [-0.3, -0.25) is 19.2 Å². The van der Waals surface area contributed by atoms with E-state index in [-0.39, 0.29) is 42.6 Å². The first-order valence-corrected chi connectivity index (χ1v) is 17.4. The van der Waals surface area contributed by atoms with E-state index in [1.165, 1.54) is 44.9 Å². The van der Waals surface area contributed by atoms with Gasteiger partial charge in [0.05, 0.1) is 0 Å². The van der Waals surface area contributed by atoms with E-state index in [0.29, 0.717) is 12.8 Å². The number of rotatable bonds is 28. The molecule has 0 aromatic rings. The Bertz CT molecular complexity index is 921. The van der Waals surface area contributed by atoms with Crippen LogP contribution in [0.1, 0.15) is 117 Å². The van der Waals surface area contributed by atoms with Crippen molar-refractivity contribution in [1.29, 1.82) is 0 Å². The minimum atomic E-state index is -1.66. The topological polar surface area (TPSA) is 228 Å². The number of nitrogens with one attached hydrogen (secondary N) is 2. The number of ether oxygens (including phenoxy) is 1. The van der Waals surface area contributed by atoms with E-state index in [4.69, 9.17) is 21.3 Å². The highest BCUT2D eigenvalue weighted by Crippen LogP contribution is 2.15. The van der Waals surface area contributed by atoms with Crippen LogP contribution in [0.3, 0.4) is 0 Å². The molecule has 8 N–H and O–H groups in total. The highest BCUT2D eigenvalue weighted by Gasteiger charge is 2.33. The average Bonchev–Trinajstić information content (AvgIpc) is 2.99. The number of esters is 1. The van der Waals surface area contributed by atoms with Gasteiger partial charge in [0.1, 0.15) is 18.1 Å². The van der Waals surface area contributed by atoms with E-state index in [0.717, 1.165) is 31.0 Å². The lowest BCUT2D eigenvalue weighted by atomic mass is 9.97. The second-order valence-electron chi connectivity index (χ2n) is 11.5. The van der Waals surface area contributed by atoms with Crippen LogP contribution in [0.4, 0.5) is 0 Å². The first kappa shape index (κ1) is 42.1. The normalized spacial score (nSPS) is 14.4. The van der Waals surface area contributed by atoms with Gasteiger partial charge >= 0.3 is 17.9 Å². The van der Waals surface area contributed by atoms with Gasteiger partial charge in [-0.05, 0) is 18.8 Å². The van der Waals surface area contributed by atoms with Crippen molar-refractivity contribution in [2.75, 3.05) is 11.5 Å². The van der Waals surface area contributed by atoms with Crippen molar-refractivity contribution in [3.8, 4) is 0 Å². The molecule has 0 aliphatic rings. The molecule has 0 spiro atoms. The Morgan fingerprint density at radius 3 is 1.82 bits per heavy atom. The second kappa shape index (κ2) is 25.3. The van der Waals surface area contributed by atoms with Gasteiger partial charge in [0.15, 0.2) is 0 Å². The number of carbonyl (C=O) groups is 6. The smallest absolute Gasteiger partial charge is 0.345 e. The monoisotopic (exact) mass is 660 g/mol. The Hall–Kier alpha value is -2.87. The van der Waals surface area contributed by atoms with Crippen molar-refractivity contribution in [2.24, 2.45) is 17.4 Å². The summed E-state index contributed by atoms with van der Waals surface area (Å²) in [4.78, 5) is 73.0. The molecule has 0 saturated heterocycles. The number of primary amides is 1. The number of aliphatic carboxylic acids is 2. The molecular weight excluding hydrogens is 604 g/mol. The lowest BCUT2D eigenvalue weighted by Gasteiger charge is -2.26. The third-order valence-corrected chi connectivity index (χ3v) is 8.65. The molecule has 0 aliphatic heterocycles. The molecule has 0 fully saturated rings. The van der Waals surface area contributed by atoms with Crippen LogP contribution in [-0.4, -0.2) is 81.6 Å². The second-order valence-corrected chi connectivity index (χ2v) is 12.6. The molecule has 3 amide bonds. The Morgan fingerprint density at radius 2 is 1.33 bits per heavy atom. The zero-order valence-electron chi connectivity index (χ0n) is 27.2. The number of nitrogens with two attached hydrogens (primary N) is 2. The summed E-state index contributed by atoms with van der Waals surface area (Å²) in [5, 5.41) is 23.7. The van der Waals surface area contributed by atoms with Crippen molar-refractivity contribution >= 4 is 47.4 Å². The molecule has 0 heterocycles. The fourth-order valence-corrected chi connectivity index (χ4v) is 5.40.